The van der Waals surface area contributed by atoms with E-state index < -0.39 is 22.6 Å². The number of rotatable bonds is 4. The number of hydrogen-bond acceptors (Lipinski definition) is 4. The zero-order chi connectivity index (χ0) is 18.0. The number of para-hydroxylation sites is 1. The van der Waals surface area contributed by atoms with E-state index in [4.69, 9.17) is 0 Å². The van der Waals surface area contributed by atoms with Crippen molar-refractivity contribution in [3.8, 4) is 0 Å². The van der Waals surface area contributed by atoms with Crippen molar-refractivity contribution in [1.29, 1.82) is 0 Å². The molecule has 0 bridgehead atoms. The minimum atomic E-state index is -0.661. The van der Waals surface area contributed by atoms with Crippen LogP contribution in [0.5, 0.6) is 0 Å². The summed E-state index contributed by atoms with van der Waals surface area (Å²) in [6.07, 6.45) is -0.0387. The van der Waals surface area contributed by atoms with Crippen LogP contribution in [0.1, 0.15) is 6.42 Å². The summed E-state index contributed by atoms with van der Waals surface area (Å²) in [7, 11) is 0. The Bertz CT molecular complexity index is 855. The summed E-state index contributed by atoms with van der Waals surface area (Å²) in [5, 5.41) is 13.3. The zero-order valence-corrected chi connectivity index (χ0v) is 13.0. The molecule has 0 aliphatic carbocycles. The van der Waals surface area contributed by atoms with Gasteiger partial charge in [0.25, 0.3) is 5.69 Å². The Labute approximate surface area is 142 Å². The summed E-state index contributed by atoms with van der Waals surface area (Å²) < 4.78 is 13.6. The first-order valence-corrected chi connectivity index (χ1v) is 7.56. The second kappa shape index (κ2) is 6.68. The number of carbonyl (C=O) groups is 2. The molecule has 0 saturated carbocycles. The normalized spacial score (nSPS) is 16.8. The highest BCUT2D eigenvalue weighted by molar-refractivity contribution is 6.03. The van der Waals surface area contributed by atoms with Crippen molar-refractivity contribution in [1.82, 2.24) is 0 Å². The van der Waals surface area contributed by atoms with Crippen molar-refractivity contribution in [2.24, 2.45) is 5.92 Å². The minimum Gasteiger partial charge on any atom is -0.323 e. The molecule has 8 heteroatoms. The molecular formula is C17H14FN3O4. The van der Waals surface area contributed by atoms with Gasteiger partial charge in [0.05, 0.1) is 22.2 Å². The Morgan fingerprint density at radius 1 is 1.24 bits per heavy atom. The van der Waals surface area contributed by atoms with Gasteiger partial charge in [-0.05, 0) is 18.2 Å². The van der Waals surface area contributed by atoms with Gasteiger partial charge in [-0.25, -0.2) is 4.39 Å². The number of nitro benzene ring substituents is 1. The molecule has 1 heterocycles. The molecule has 7 nitrogen and oxygen atoms in total. The molecule has 2 amide bonds. The summed E-state index contributed by atoms with van der Waals surface area (Å²) in [5.41, 5.74) is 0.277. The lowest BCUT2D eigenvalue weighted by Gasteiger charge is -2.16. The number of non-ortho nitro benzene ring substituents is 1. The Kier molecular flexibility index (Phi) is 4.42. The number of nitrogens with zero attached hydrogens (tertiary/aromatic N) is 2. The third-order valence-electron chi connectivity index (χ3n) is 3.98. The highest BCUT2D eigenvalue weighted by atomic mass is 19.1. The zero-order valence-electron chi connectivity index (χ0n) is 13.0. The monoisotopic (exact) mass is 343 g/mol. The van der Waals surface area contributed by atoms with Gasteiger partial charge in [0.2, 0.25) is 11.8 Å². The number of nitrogens with one attached hydrogen (secondary N) is 1. The largest absolute Gasteiger partial charge is 0.323 e. The minimum absolute atomic E-state index is 0.0387. The van der Waals surface area contributed by atoms with Crippen molar-refractivity contribution in [2.75, 3.05) is 16.8 Å². The highest BCUT2D eigenvalue weighted by Crippen LogP contribution is 2.28. The standard InChI is InChI=1S/C17H14FN3O4/c18-14-6-1-2-7-15(14)19-17(23)11-8-16(22)20(10-11)12-4-3-5-13(9-12)21(24)25/h1-7,9,11H,8,10H2,(H,19,23)/t11-/m1/s1. The lowest BCUT2D eigenvalue weighted by molar-refractivity contribution is -0.384. The Balaban J connectivity index is 1.74. The van der Waals surface area contributed by atoms with Gasteiger partial charge in [0.15, 0.2) is 0 Å². The van der Waals surface area contributed by atoms with Crippen molar-refractivity contribution >= 4 is 28.9 Å². The Hall–Kier alpha value is -3.29. The number of hydrogen-bond donors (Lipinski definition) is 1. The highest BCUT2D eigenvalue weighted by Gasteiger charge is 2.35. The predicted molar refractivity (Wildman–Crippen MR) is 88.6 cm³/mol. The van der Waals surface area contributed by atoms with Gasteiger partial charge in [0, 0.05) is 25.1 Å². The molecule has 0 unspecified atom stereocenters. The molecule has 0 aromatic heterocycles. The van der Waals surface area contributed by atoms with Crippen LogP contribution in [0, 0.1) is 21.8 Å². The van der Waals surface area contributed by atoms with E-state index in [2.05, 4.69) is 5.32 Å². The fourth-order valence-corrected chi connectivity index (χ4v) is 2.70. The van der Waals surface area contributed by atoms with Gasteiger partial charge in [-0.2, -0.15) is 0 Å². The average molecular weight is 343 g/mol. The molecule has 1 fully saturated rings. The van der Waals surface area contributed by atoms with Crippen LogP contribution in [-0.2, 0) is 9.59 Å². The van der Waals surface area contributed by atoms with E-state index in [1.54, 1.807) is 12.1 Å². The van der Waals surface area contributed by atoms with Gasteiger partial charge in [0.1, 0.15) is 5.82 Å². The van der Waals surface area contributed by atoms with E-state index in [-0.39, 0.29) is 30.2 Å². The van der Waals surface area contributed by atoms with Crippen molar-refractivity contribution in [3.63, 3.8) is 0 Å². The van der Waals surface area contributed by atoms with Gasteiger partial charge in [-0.1, -0.05) is 18.2 Å². The summed E-state index contributed by atoms with van der Waals surface area (Å²) >= 11 is 0. The second-order valence-corrected chi connectivity index (χ2v) is 5.65. The lowest BCUT2D eigenvalue weighted by atomic mass is 10.1. The van der Waals surface area contributed by atoms with Crippen LogP contribution in [0.2, 0.25) is 0 Å². The predicted octanol–water partition coefficient (Wildman–Crippen LogP) is 2.73. The maximum absolute atomic E-state index is 13.6. The quantitative estimate of drug-likeness (QED) is 0.682. The summed E-state index contributed by atoms with van der Waals surface area (Å²) in [4.78, 5) is 36.1. The molecule has 25 heavy (non-hydrogen) atoms. The summed E-state index contributed by atoms with van der Waals surface area (Å²) in [6, 6.07) is 11.4. The Morgan fingerprint density at radius 3 is 2.72 bits per heavy atom. The fraction of sp³-hybridized carbons (Fsp3) is 0.176. The number of carbonyl (C=O) groups excluding carboxylic acids is 2. The van der Waals surface area contributed by atoms with Crippen LogP contribution < -0.4 is 10.2 Å². The average Bonchev–Trinajstić information content (AvgIpc) is 2.99. The van der Waals surface area contributed by atoms with Crippen LogP contribution in [-0.4, -0.2) is 23.3 Å². The van der Waals surface area contributed by atoms with Crippen LogP contribution in [0.4, 0.5) is 21.5 Å². The summed E-state index contributed by atoms with van der Waals surface area (Å²) in [6.45, 7) is 0.0836. The summed E-state index contributed by atoms with van der Waals surface area (Å²) in [5.74, 6) is -2.00. The topological polar surface area (TPSA) is 92.6 Å². The molecule has 1 N–H and O–H groups in total. The SMILES string of the molecule is O=C(Nc1ccccc1F)[C@@H]1CC(=O)N(c2cccc([N+](=O)[O-])c2)C1. The first-order chi connectivity index (χ1) is 12.0. The number of anilines is 2. The van der Waals surface area contributed by atoms with E-state index in [9.17, 15) is 24.1 Å². The van der Waals surface area contributed by atoms with E-state index >= 15 is 0 Å². The van der Waals surface area contributed by atoms with Crippen molar-refractivity contribution < 1.29 is 18.9 Å². The molecule has 1 atom stereocenters. The Morgan fingerprint density at radius 2 is 2.00 bits per heavy atom. The molecule has 128 valence electrons. The van der Waals surface area contributed by atoms with Gasteiger partial charge < -0.3 is 10.2 Å². The molecule has 3 rings (SSSR count). The van der Waals surface area contributed by atoms with E-state index in [0.717, 1.165) is 0 Å². The molecule has 0 spiro atoms. The molecule has 1 aliphatic heterocycles. The van der Waals surface area contributed by atoms with Gasteiger partial charge in [-0.15, -0.1) is 0 Å². The van der Waals surface area contributed by atoms with Crippen LogP contribution in [0.3, 0.4) is 0 Å². The molecular weight excluding hydrogens is 329 g/mol. The maximum Gasteiger partial charge on any atom is 0.271 e. The first kappa shape index (κ1) is 16.6. The van der Waals surface area contributed by atoms with Crippen molar-refractivity contribution in [3.05, 3.63) is 64.5 Å². The number of nitro groups is 1. The van der Waals surface area contributed by atoms with E-state index in [1.807, 2.05) is 0 Å². The fourth-order valence-electron chi connectivity index (χ4n) is 2.70. The molecule has 0 radical (unpaired) electrons. The number of halogens is 1. The smallest absolute Gasteiger partial charge is 0.271 e. The van der Waals surface area contributed by atoms with Crippen LogP contribution in [0.15, 0.2) is 48.5 Å². The molecule has 2 aromatic rings. The van der Waals surface area contributed by atoms with Crippen molar-refractivity contribution in [2.45, 2.75) is 6.42 Å². The third-order valence-corrected chi connectivity index (χ3v) is 3.98. The van der Waals surface area contributed by atoms with Gasteiger partial charge >= 0.3 is 0 Å². The molecule has 2 aromatic carbocycles. The van der Waals surface area contributed by atoms with Crippen LogP contribution in [0.25, 0.3) is 0 Å². The van der Waals surface area contributed by atoms with E-state index in [0.29, 0.717) is 5.69 Å². The number of benzene rings is 2. The molecule has 1 saturated heterocycles. The van der Waals surface area contributed by atoms with E-state index in [1.165, 1.54) is 41.3 Å². The number of amides is 2. The second-order valence-electron chi connectivity index (χ2n) is 5.65. The first-order valence-electron chi connectivity index (χ1n) is 7.56. The van der Waals surface area contributed by atoms with Crippen LogP contribution >= 0.6 is 0 Å². The third kappa shape index (κ3) is 3.47. The molecule has 1 aliphatic rings. The maximum atomic E-state index is 13.6. The lowest BCUT2D eigenvalue weighted by Crippen LogP contribution is -2.28. The van der Waals surface area contributed by atoms with Gasteiger partial charge in [-0.3, -0.25) is 19.7 Å².